The Morgan fingerprint density at radius 3 is 2.69 bits per heavy atom. The molecule has 1 aromatic rings. The molecule has 0 aliphatic heterocycles. The van der Waals surface area contributed by atoms with Crippen LogP contribution in [-0.2, 0) is 0 Å². The summed E-state index contributed by atoms with van der Waals surface area (Å²) in [6.07, 6.45) is 2.08. The zero-order valence-electron chi connectivity index (χ0n) is 10.5. The molecule has 0 aliphatic carbocycles. The number of thioether (sulfide) groups is 1. The van der Waals surface area contributed by atoms with Gasteiger partial charge in [-0.05, 0) is 33.2 Å². The number of likely N-dealkylation sites (N-methyl/N-ethyl adjacent to an activating group) is 1. The van der Waals surface area contributed by atoms with Gasteiger partial charge in [-0.25, -0.2) is 0 Å². The van der Waals surface area contributed by atoms with Crippen molar-refractivity contribution in [1.82, 2.24) is 9.88 Å². The van der Waals surface area contributed by atoms with Crippen molar-refractivity contribution in [2.45, 2.75) is 13.8 Å². The lowest BCUT2D eigenvalue weighted by molar-refractivity contribution is 0.0949. The number of aromatic nitrogens is 1. The highest BCUT2D eigenvalue weighted by molar-refractivity contribution is 7.98. The average Bonchev–Trinajstić information content (AvgIpc) is 2.54. The van der Waals surface area contributed by atoms with Crippen molar-refractivity contribution in [2.75, 3.05) is 32.1 Å². The number of ketones is 1. The van der Waals surface area contributed by atoms with Crippen LogP contribution in [0.15, 0.2) is 6.07 Å². The van der Waals surface area contributed by atoms with Crippen LogP contribution in [0.4, 0.5) is 0 Å². The van der Waals surface area contributed by atoms with Crippen LogP contribution in [0.5, 0.6) is 0 Å². The van der Waals surface area contributed by atoms with Gasteiger partial charge in [-0.2, -0.15) is 11.8 Å². The molecule has 0 radical (unpaired) electrons. The van der Waals surface area contributed by atoms with Gasteiger partial charge >= 0.3 is 0 Å². The molecule has 0 amide bonds. The molecule has 1 aromatic heterocycles. The molecule has 0 bridgehead atoms. The normalized spacial score (nSPS) is 11.1. The fourth-order valence-electron chi connectivity index (χ4n) is 1.67. The molecule has 0 atom stereocenters. The van der Waals surface area contributed by atoms with E-state index < -0.39 is 0 Å². The van der Waals surface area contributed by atoms with Crippen molar-refractivity contribution in [3.63, 3.8) is 0 Å². The van der Waals surface area contributed by atoms with E-state index in [4.69, 9.17) is 0 Å². The first-order valence-electron chi connectivity index (χ1n) is 5.41. The maximum absolute atomic E-state index is 12.0. The van der Waals surface area contributed by atoms with Crippen LogP contribution in [0.25, 0.3) is 0 Å². The molecule has 0 saturated carbocycles. The quantitative estimate of drug-likeness (QED) is 0.774. The summed E-state index contributed by atoms with van der Waals surface area (Å²) >= 11 is 1.80. The molecular formula is C12H20N2OS. The van der Waals surface area contributed by atoms with E-state index in [9.17, 15) is 4.79 Å². The van der Waals surface area contributed by atoms with E-state index in [-0.39, 0.29) is 5.78 Å². The number of carbonyl (C=O) groups excluding carboxylic acids is 1. The highest BCUT2D eigenvalue weighted by Gasteiger charge is 2.13. The summed E-state index contributed by atoms with van der Waals surface area (Å²) in [6, 6.07) is 1.93. The van der Waals surface area contributed by atoms with Crippen molar-refractivity contribution in [3.05, 3.63) is 23.0 Å². The first kappa shape index (κ1) is 13.3. The largest absolute Gasteiger partial charge is 0.362 e. The van der Waals surface area contributed by atoms with Gasteiger partial charge in [-0.3, -0.25) is 9.69 Å². The van der Waals surface area contributed by atoms with E-state index in [1.165, 1.54) is 0 Å². The second-order valence-corrected chi connectivity index (χ2v) is 5.13. The zero-order valence-corrected chi connectivity index (χ0v) is 11.3. The third-order valence-electron chi connectivity index (χ3n) is 2.54. The number of hydrogen-bond donors (Lipinski definition) is 1. The molecular weight excluding hydrogens is 220 g/mol. The van der Waals surface area contributed by atoms with Crippen molar-refractivity contribution in [3.8, 4) is 0 Å². The number of carbonyl (C=O) groups is 1. The van der Waals surface area contributed by atoms with Crippen molar-refractivity contribution >= 4 is 17.5 Å². The van der Waals surface area contributed by atoms with E-state index in [0.717, 1.165) is 29.2 Å². The minimum absolute atomic E-state index is 0.199. The Morgan fingerprint density at radius 1 is 1.50 bits per heavy atom. The number of Topliss-reactive ketones (excluding diaryl/α,β-unsaturated/α-hetero) is 1. The lowest BCUT2D eigenvalue weighted by Crippen LogP contribution is -2.28. The second kappa shape index (κ2) is 6.11. The minimum Gasteiger partial charge on any atom is -0.362 e. The predicted octanol–water partition coefficient (Wildman–Crippen LogP) is 2.11. The Balaban J connectivity index is 2.55. The molecule has 3 nitrogen and oxygen atoms in total. The summed E-state index contributed by atoms with van der Waals surface area (Å²) in [5.74, 6) is 1.26. The number of H-pyrrole nitrogens is 1. The second-order valence-electron chi connectivity index (χ2n) is 4.14. The van der Waals surface area contributed by atoms with E-state index in [0.29, 0.717) is 6.54 Å². The molecule has 0 fully saturated rings. The molecule has 0 aliphatic rings. The topological polar surface area (TPSA) is 36.1 Å². The lowest BCUT2D eigenvalue weighted by atomic mass is 10.1. The van der Waals surface area contributed by atoms with Gasteiger partial charge in [-0.1, -0.05) is 0 Å². The molecule has 16 heavy (non-hydrogen) atoms. The fourth-order valence-corrected chi connectivity index (χ4v) is 2.16. The molecule has 0 aromatic carbocycles. The number of aromatic amines is 1. The van der Waals surface area contributed by atoms with Gasteiger partial charge in [-0.15, -0.1) is 0 Å². The molecule has 0 spiro atoms. The van der Waals surface area contributed by atoms with Gasteiger partial charge in [0.15, 0.2) is 5.78 Å². The Morgan fingerprint density at radius 2 is 2.19 bits per heavy atom. The van der Waals surface area contributed by atoms with E-state index in [1.807, 2.05) is 27.0 Å². The monoisotopic (exact) mass is 240 g/mol. The third-order valence-corrected chi connectivity index (χ3v) is 3.13. The Kier molecular flexibility index (Phi) is 5.09. The highest BCUT2D eigenvalue weighted by atomic mass is 32.2. The Labute approximate surface area is 102 Å². The lowest BCUT2D eigenvalue weighted by Gasteiger charge is -2.14. The van der Waals surface area contributed by atoms with Crippen molar-refractivity contribution in [2.24, 2.45) is 0 Å². The summed E-state index contributed by atoms with van der Waals surface area (Å²) in [6.45, 7) is 5.37. The van der Waals surface area contributed by atoms with E-state index in [1.54, 1.807) is 11.8 Å². The van der Waals surface area contributed by atoms with Crippen LogP contribution < -0.4 is 0 Å². The predicted molar refractivity (Wildman–Crippen MR) is 70.5 cm³/mol. The minimum atomic E-state index is 0.199. The van der Waals surface area contributed by atoms with Gasteiger partial charge < -0.3 is 4.98 Å². The van der Waals surface area contributed by atoms with Crippen LogP contribution in [-0.4, -0.2) is 47.8 Å². The average molecular weight is 240 g/mol. The summed E-state index contributed by atoms with van der Waals surface area (Å²) in [5, 5.41) is 0. The Bertz CT molecular complexity index is 360. The van der Waals surface area contributed by atoms with Crippen molar-refractivity contribution in [1.29, 1.82) is 0 Å². The number of rotatable bonds is 6. The zero-order chi connectivity index (χ0) is 12.1. The van der Waals surface area contributed by atoms with Gasteiger partial charge in [0, 0.05) is 29.2 Å². The van der Waals surface area contributed by atoms with Crippen LogP contribution in [0.2, 0.25) is 0 Å². The molecule has 1 rings (SSSR count). The van der Waals surface area contributed by atoms with Crippen LogP contribution in [0.3, 0.4) is 0 Å². The molecule has 90 valence electrons. The maximum atomic E-state index is 12.0. The number of nitrogens with zero attached hydrogens (tertiary/aromatic N) is 1. The van der Waals surface area contributed by atoms with Gasteiger partial charge in [0.1, 0.15) is 0 Å². The fraction of sp³-hybridized carbons (Fsp3) is 0.583. The summed E-state index contributed by atoms with van der Waals surface area (Å²) in [7, 11) is 1.99. The summed E-state index contributed by atoms with van der Waals surface area (Å²) in [5.41, 5.74) is 2.85. The number of aryl methyl sites for hydroxylation is 2. The third kappa shape index (κ3) is 3.68. The smallest absolute Gasteiger partial charge is 0.178 e. The summed E-state index contributed by atoms with van der Waals surface area (Å²) in [4.78, 5) is 17.2. The van der Waals surface area contributed by atoms with Gasteiger partial charge in [0.25, 0.3) is 0 Å². The Hall–Kier alpha value is -0.740. The van der Waals surface area contributed by atoms with Crippen molar-refractivity contribution < 1.29 is 4.79 Å². The van der Waals surface area contributed by atoms with Crippen LogP contribution in [0.1, 0.15) is 21.7 Å². The SMILES string of the molecule is CSCCN(C)CC(=O)c1cc(C)[nH]c1C. The molecule has 1 heterocycles. The number of nitrogens with one attached hydrogen (secondary N) is 1. The van der Waals surface area contributed by atoms with Gasteiger partial charge in [0.2, 0.25) is 0 Å². The highest BCUT2D eigenvalue weighted by Crippen LogP contribution is 2.10. The van der Waals surface area contributed by atoms with Crippen LogP contribution >= 0.6 is 11.8 Å². The first-order chi connectivity index (χ1) is 7.54. The maximum Gasteiger partial charge on any atom is 0.178 e. The molecule has 1 N–H and O–H groups in total. The van der Waals surface area contributed by atoms with Crippen LogP contribution in [0, 0.1) is 13.8 Å². The van der Waals surface area contributed by atoms with E-state index in [2.05, 4.69) is 16.1 Å². The molecule has 0 saturated heterocycles. The molecule has 4 heteroatoms. The standard InChI is InChI=1S/C12H20N2OS/c1-9-7-11(10(2)13-9)12(15)8-14(3)5-6-16-4/h7,13H,5-6,8H2,1-4H3. The number of hydrogen-bond acceptors (Lipinski definition) is 3. The van der Waals surface area contributed by atoms with Gasteiger partial charge in [0.05, 0.1) is 6.54 Å². The van der Waals surface area contributed by atoms with E-state index >= 15 is 0 Å². The summed E-state index contributed by atoms with van der Waals surface area (Å²) < 4.78 is 0. The molecule has 0 unspecified atom stereocenters. The first-order valence-corrected chi connectivity index (χ1v) is 6.81.